The number of benzene rings is 23. The molecule has 34 rings (SSSR count). The van der Waals surface area contributed by atoms with Gasteiger partial charge in [0.1, 0.15) is 5.69 Å². The van der Waals surface area contributed by atoms with Gasteiger partial charge in [-0.3, -0.25) is 9.13 Å². The summed E-state index contributed by atoms with van der Waals surface area (Å²) >= 11 is 5.65. The van der Waals surface area contributed by atoms with Crippen LogP contribution >= 0.6 is 34.0 Å². The van der Waals surface area contributed by atoms with E-state index in [9.17, 15) is 0 Å². The third-order valence-corrected chi connectivity index (χ3v) is 34.3. The monoisotopic (exact) mass is 1920 g/mol. The fourth-order valence-electron chi connectivity index (χ4n) is 24.6. The number of rotatable bonds is 9. The van der Waals surface area contributed by atoms with Gasteiger partial charge in [0.05, 0.1) is 55.3 Å². The highest BCUT2D eigenvalue weighted by Crippen LogP contribution is 2.58. The Balaban J connectivity index is 0.0000000985. The SMILES string of the molecule is c1ccc(-c2nc(-n3c4cccc5c4c4c6c(cccc6ccc43)-c3cc4c(cc3-5)sc3ccccc34)nc3ccccc23)cc1.c1ccc(-c2nc3ccccc3nc2-n2c3cccc4c3c3c5c(cccc5ccc32)-c2cc3c(cc2-4)sc2ccccc23)cc1.c1ccc(N(c2ccccc2)c2ccc(-c3ccc(-n4c5cccc6c5c5c7c(cccc7ccc54)-c4cc5c(cc4-6)sc4ccccc45)cc3)cc2)cc1. The summed E-state index contributed by atoms with van der Waals surface area (Å²) in [7, 11) is 0. The minimum atomic E-state index is 0.687. The van der Waals surface area contributed by atoms with Gasteiger partial charge in [-0.1, -0.05) is 315 Å². The van der Waals surface area contributed by atoms with Crippen molar-refractivity contribution in [3.63, 3.8) is 0 Å². The van der Waals surface area contributed by atoms with Gasteiger partial charge in [-0.15, -0.1) is 34.0 Å². The third kappa shape index (κ3) is 12.3. The Morgan fingerprint density at radius 3 is 0.966 bits per heavy atom. The van der Waals surface area contributed by atoms with Gasteiger partial charge < -0.3 is 9.47 Å². The van der Waals surface area contributed by atoms with Crippen molar-refractivity contribution in [2.45, 2.75) is 0 Å². The molecule has 8 nitrogen and oxygen atoms in total. The van der Waals surface area contributed by atoms with Crippen molar-refractivity contribution in [1.29, 1.82) is 0 Å². The Kier molecular flexibility index (Phi) is 17.8. The van der Waals surface area contributed by atoms with Gasteiger partial charge >= 0.3 is 0 Å². The lowest BCUT2D eigenvalue weighted by Gasteiger charge is -2.25. The molecule has 0 amide bonds. The molecule has 8 aromatic heterocycles. The maximum atomic E-state index is 5.36. The van der Waals surface area contributed by atoms with E-state index in [1.165, 1.54) is 214 Å². The highest BCUT2D eigenvalue weighted by Gasteiger charge is 2.33. The molecule has 147 heavy (non-hydrogen) atoms. The molecule has 0 fully saturated rings. The van der Waals surface area contributed by atoms with Crippen molar-refractivity contribution in [3.05, 3.63) is 473 Å². The topological polar surface area (TPSA) is 69.6 Å². The predicted octanol–water partition coefficient (Wildman–Crippen LogP) is 38.2. The fraction of sp³-hybridized carbons (Fsp3) is 0. The highest BCUT2D eigenvalue weighted by molar-refractivity contribution is 7.26. The van der Waals surface area contributed by atoms with E-state index in [2.05, 4.69) is 468 Å². The molecule has 0 saturated heterocycles. The van der Waals surface area contributed by atoms with Crippen LogP contribution in [0.15, 0.2) is 473 Å². The molecule has 0 bridgehead atoms. The fourth-order valence-corrected chi connectivity index (χ4v) is 28.0. The first-order valence-corrected chi connectivity index (χ1v) is 52.5. The maximum absolute atomic E-state index is 5.36. The van der Waals surface area contributed by atoms with Crippen molar-refractivity contribution in [2.75, 3.05) is 4.90 Å². The minimum Gasteiger partial charge on any atom is -0.311 e. The van der Waals surface area contributed by atoms with Gasteiger partial charge in [-0.2, -0.15) is 0 Å². The third-order valence-electron chi connectivity index (χ3n) is 30.9. The van der Waals surface area contributed by atoms with Crippen molar-refractivity contribution in [3.8, 4) is 118 Å². The second kappa shape index (κ2) is 31.9. The van der Waals surface area contributed by atoms with E-state index < -0.39 is 0 Å². The summed E-state index contributed by atoms with van der Waals surface area (Å²) < 4.78 is 15.1. The van der Waals surface area contributed by atoms with Gasteiger partial charge in [0.15, 0.2) is 5.82 Å². The normalized spacial score (nSPS) is 12.2. The number of nitrogens with zero attached hydrogens (tertiary/aromatic N) is 8. The minimum absolute atomic E-state index is 0.687. The lowest BCUT2D eigenvalue weighted by Crippen LogP contribution is -2.09. The summed E-state index contributed by atoms with van der Waals surface area (Å²) in [4.78, 5) is 23.4. The summed E-state index contributed by atoms with van der Waals surface area (Å²) in [5.41, 5.74) is 36.0. The summed E-state index contributed by atoms with van der Waals surface area (Å²) in [6.45, 7) is 0. The van der Waals surface area contributed by atoms with Crippen LogP contribution in [0.2, 0.25) is 0 Å². The molecule has 0 radical (unpaired) electrons. The predicted molar refractivity (Wildman–Crippen MR) is 624 cm³/mol. The number of aromatic nitrogens is 7. The van der Waals surface area contributed by atoms with Crippen LogP contribution in [0.1, 0.15) is 0 Å². The molecular formula is C136H78N8S3. The first-order valence-electron chi connectivity index (χ1n) is 50.0. The smallest absolute Gasteiger partial charge is 0.235 e. The number of anilines is 3. The second-order valence-corrected chi connectivity index (χ2v) is 42.0. The van der Waals surface area contributed by atoms with Gasteiger partial charge in [0.25, 0.3) is 0 Å². The molecule has 8 heterocycles. The molecule has 0 N–H and O–H groups in total. The lowest BCUT2D eigenvalue weighted by atomic mass is 9.92. The Labute approximate surface area is 854 Å². The standard InChI is InChI=1S/C52H32N2S.2C42H23N3S/c1-3-12-36(13-4-1)53(37-14-5-2-6-15-37)38-26-21-33(22-27-38)34-23-28-39(29-24-34)54-46-19-10-18-42-44-32-49-45(40-16-7-8-20-48(40)55-49)31-43(44)41-17-9-11-35-25-30-47(54)52(50(35)41)51(42)46;1-2-10-25(11-3-1)41-42(44-33-17-6-5-16-32(33)43-41)45-34-18-9-15-28-30-23-37-31(26-13-4-7-19-36(26)46-37)22-29(30)27-14-8-12-24-20-21-35(45)40(38(24)27)39(28)34;1-2-10-25(11-3-1)41-29-14-4-6-17-33(29)43-42(44-41)45-34-18-9-16-28-31-23-37-32(26-13-5-7-19-36(26)46-37)22-30(31)27-15-8-12-24-20-21-35(45)40(38(24)27)39(28)34/h1-32H;2*1-23H. The van der Waals surface area contributed by atoms with E-state index in [4.69, 9.17) is 19.9 Å². The van der Waals surface area contributed by atoms with Crippen LogP contribution in [-0.2, 0) is 0 Å². The lowest BCUT2D eigenvalue weighted by molar-refractivity contribution is 1.01. The van der Waals surface area contributed by atoms with E-state index in [0.717, 1.165) is 95.1 Å². The quantitative estimate of drug-likeness (QED) is 0.144. The van der Waals surface area contributed by atoms with E-state index in [0.29, 0.717) is 5.95 Å². The highest BCUT2D eigenvalue weighted by atomic mass is 32.1. The van der Waals surface area contributed by atoms with Crippen LogP contribution in [0.5, 0.6) is 0 Å². The largest absolute Gasteiger partial charge is 0.311 e. The maximum Gasteiger partial charge on any atom is 0.235 e. The van der Waals surface area contributed by atoms with Gasteiger partial charge in [0.2, 0.25) is 5.95 Å². The molecule has 23 aromatic carbocycles. The molecule has 31 aromatic rings. The van der Waals surface area contributed by atoms with Crippen LogP contribution in [0, 0.1) is 0 Å². The number of hydrogen-bond donors (Lipinski definition) is 0. The van der Waals surface area contributed by atoms with E-state index in [-0.39, 0.29) is 0 Å². The molecule has 11 heteroatoms. The van der Waals surface area contributed by atoms with Crippen LogP contribution < -0.4 is 4.90 Å². The Morgan fingerprint density at radius 2 is 0.510 bits per heavy atom. The number of hydrogen-bond acceptors (Lipinski definition) is 8. The second-order valence-electron chi connectivity index (χ2n) is 38.8. The van der Waals surface area contributed by atoms with Crippen molar-refractivity contribution < 1.29 is 0 Å². The Morgan fingerprint density at radius 1 is 0.177 bits per heavy atom. The Bertz CT molecular complexity index is 11100. The molecule has 680 valence electrons. The van der Waals surface area contributed by atoms with Gasteiger partial charge in [0, 0.05) is 132 Å². The zero-order chi connectivity index (χ0) is 95.9. The van der Waals surface area contributed by atoms with Crippen molar-refractivity contribution >= 4 is 231 Å². The van der Waals surface area contributed by atoms with Crippen LogP contribution in [0.3, 0.4) is 0 Å². The van der Waals surface area contributed by atoms with E-state index in [1.807, 2.05) is 58.3 Å². The molecule has 3 aliphatic rings. The summed E-state index contributed by atoms with van der Waals surface area (Å²) in [5, 5.41) is 24.4. The van der Waals surface area contributed by atoms with Crippen LogP contribution in [-0.4, -0.2) is 33.6 Å². The van der Waals surface area contributed by atoms with E-state index >= 15 is 0 Å². The molecule has 0 unspecified atom stereocenters. The van der Waals surface area contributed by atoms with Crippen LogP contribution in [0.4, 0.5) is 17.1 Å². The average Bonchev–Trinajstić information content (AvgIpc) is 1.54. The summed E-state index contributed by atoms with van der Waals surface area (Å²) in [5.74, 6) is 1.53. The van der Waals surface area contributed by atoms with E-state index in [1.54, 1.807) is 0 Å². The molecule has 0 aliphatic heterocycles. The van der Waals surface area contributed by atoms with Gasteiger partial charge in [-0.25, -0.2) is 19.9 Å². The molecular weight excluding hydrogens is 1840 g/mol. The zero-order valence-electron chi connectivity index (χ0n) is 78.8. The Hall–Kier alpha value is -18.6. The van der Waals surface area contributed by atoms with Crippen LogP contribution in [0.25, 0.3) is 298 Å². The van der Waals surface area contributed by atoms with Gasteiger partial charge in [-0.05, 0) is 268 Å². The summed E-state index contributed by atoms with van der Waals surface area (Å²) in [6, 6.07) is 172. The molecule has 0 saturated carbocycles. The summed E-state index contributed by atoms with van der Waals surface area (Å²) in [6.07, 6.45) is 0. The average molecular weight is 1920 g/mol. The zero-order valence-corrected chi connectivity index (χ0v) is 81.3. The first-order chi connectivity index (χ1) is 72.9. The first kappa shape index (κ1) is 82.0. The van der Waals surface area contributed by atoms with Crippen molar-refractivity contribution in [1.82, 2.24) is 33.6 Å². The molecule has 0 spiro atoms. The number of fused-ring (bicyclic) bond motifs is 20. The number of para-hydroxylation sites is 5. The molecule has 3 aliphatic carbocycles. The number of thiophene rings is 3. The van der Waals surface area contributed by atoms with Crippen molar-refractivity contribution in [2.24, 2.45) is 0 Å². The molecule has 0 atom stereocenters.